The predicted octanol–water partition coefficient (Wildman–Crippen LogP) is -0.694. The first kappa shape index (κ1) is 11.5. The van der Waals surface area contributed by atoms with Gasteiger partial charge in [0.2, 0.25) is 5.91 Å². The van der Waals surface area contributed by atoms with Gasteiger partial charge in [-0.1, -0.05) is 0 Å². The monoisotopic (exact) mass is 212 g/mol. The lowest BCUT2D eigenvalue weighted by atomic mass is 10.4. The largest absolute Gasteiger partial charge is 0.396 e. The van der Waals surface area contributed by atoms with E-state index in [4.69, 9.17) is 10.8 Å². The quantitative estimate of drug-likeness (QED) is 0.676. The average molecular weight is 212 g/mol. The van der Waals surface area contributed by atoms with Gasteiger partial charge in [-0.3, -0.25) is 9.48 Å². The molecule has 0 aliphatic heterocycles. The molecule has 1 aromatic rings. The van der Waals surface area contributed by atoms with Gasteiger partial charge in [0.25, 0.3) is 0 Å². The topological polar surface area (TPSA) is 84.4 Å². The highest BCUT2D eigenvalue weighted by Gasteiger charge is 2.11. The van der Waals surface area contributed by atoms with Crippen LogP contribution in [0.2, 0.25) is 0 Å². The molecule has 0 saturated carbocycles. The first-order valence-corrected chi connectivity index (χ1v) is 4.84. The number of aliphatic hydroxyl groups excluding tert-OH is 1. The van der Waals surface area contributed by atoms with Crippen molar-refractivity contribution in [2.45, 2.75) is 13.5 Å². The fourth-order valence-electron chi connectivity index (χ4n) is 1.28. The second kappa shape index (κ2) is 5.35. The minimum absolute atomic E-state index is 0.0270. The van der Waals surface area contributed by atoms with Gasteiger partial charge in [0.15, 0.2) is 0 Å². The minimum Gasteiger partial charge on any atom is -0.396 e. The van der Waals surface area contributed by atoms with Gasteiger partial charge in [-0.2, -0.15) is 5.10 Å². The number of anilines is 1. The summed E-state index contributed by atoms with van der Waals surface area (Å²) < 4.78 is 1.48. The van der Waals surface area contributed by atoms with E-state index in [1.165, 1.54) is 10.9 Å². The van der Waals surface area contributed by atoms with E-state index in [1.807, 2.05) is 6.92 Å². The number of aromatic nitrogens is 2. The van der Waals surface area contributed by atoms with Crippen LogP contribution in [0.5, 0.6) is 0 Å². The van der Waals surface area contributed by atoms with Crippen LogP contribution < -0.4 is 5.73 Å². The van der Waals surface area contributed by atoms with Crippen LogP contribution in [0.4, 0.5) is 5.69 Å². The van der Waals surface area contributed by atoms with Gasteiger partial charge in [-0.25, -0.2) is 0 Å². The Morgan fingerprint density at radius 3 is 2.93 bits per heavy atom. The number of carbonyl (C=O) groups is 1. The number of likely N-dealkylation sites (N-methyl/N-ethyl adjacent to an activating group) is 1. The maximum atomic E-state index is 11.7. The summed E-state index contributed by atoms with van der Waals surface area (Å²) in [5.74, 6) is -0.0744. The van der Waals surface area contributed by atoms with Crippen molar-refractivity contribution in [3.63, 3.8) is 0 Å². The van der Waals surface area contributed by atoms with E-state index in [-0.39, 0.29) is 19.1 Å². The summed E-state index contributed by atoms with van der Waals surface area (Å²) >= 11 is 0. The van der Waals surface area contributed by atoms with E-state index in [1.54, 1.807) is 11.1 Å². The van der Waals surface area contributed by atoms with Crippen molar-refractivity contribution < 1.29 is 9.90 Å². The number of hydrogen-bond donors (Lipinski definition) is 2. The molecule has 0 aliphatic rings. The van der Waals surface area contributed by atoms with E-state index in [0.29, 0.717) is 18.8 Å². The first-order chi connectivity index (χ1) is 7.17. The molecule has 1 rings (SSSR count). The number of rotatable bonds is 5. The Hall–Kier alpha value is -1.56. The summed E-state index contributed by atoms with van der Waals surface area (Å²) in [4.78, 5) is 13.2. The zero-order chi connectivity index (χ0) is 11.3. The Bertz CT molecular complexity index is 324. The highest BCUT2D eigenvalue weighted by Crippen LogP contribution is 1.99. The highest BCUT2D eigenvalue weighted by molar-refractivity contribution is 5.75. The molecule has 1 aromatic heterocycles. The number of aliphatic hydroxyl groups is 1. The van der Waals surface area contributed by atoms with Crippen LogP contribution >= 0.6 is 0 Å². The zero-order valence-corrected chi connectivity index (χ0v) is 8.76. The molecule has 0 bridgehead atoms. The Morgan fingerprint density at radius 2 is 2.47 bits per heavy atom. The summed E-state index contributed by atoms with van der Waals surface area (Å²) in [6, 6.07) is 0. The van der Waals surface area contributed by atoms with Crippen LogP contribution in [-0.2, 0) is 11.3 Å². The molecule has 0 aliphatic carbocycles. The van der Waals surface area contributed by atoms with Crippen molar-refractivity contribution in [3.05, 3.63) is 12.4 Å². The summed E-state index contributed by atoms with van der Waals surface area (Å²) in [5.41, 5.74) is 6.01. The molecular weight excluding hydrogens is 196 g/mol. The van der Waals surface area contributed by atoms with Crippen LogP contribution in [0.1, 0.15) is 6.92 Å². The number of carbonyl (C=O) groups excluding carboxylic acids is 1. The molecule has 0 fully saturated rings. The third kappa shape index (κ3) is 3.25. The predicted molar refractivity (Wildman–Crippen MR) is 56.0 cm³/mol. The van der Waals surface area contributed by atoms with E-state index >= 15 is 0 Å². The number of nitrogen functional groups attached to an aromatic ring is 1. The van der Waals surface area contributed by atoms with Crippen molar-refractivity contribution in [2.75, 3.05) is 25.4 Å². The minimum atomic E-state index is -0.0744. The lowest BCUT2D eigenvalue weighted by Gasteiger charge is -2.19. The van der Waals surface area contributed by atoms with Crippen LogP contribution in [0.3, 0.4) is 0 Å². The molecule has 6 nitrogen and oxygen atoms in total. The third-order valence-corrected chi connectivity index (χ3v) is 2.05. The normalized spacial score (nSPS) is 10.3. The summed E-state index contributed by atoms with van der Waals surface area (Å²) in [6.45, 7) is 2.93. The summed E-state index contributed by atoms with van der Waals surface area (Å²) in [7, 11) is 0. The first-order valence-electron chi connectivity index (χ1n) is 4.84. The van der Waals surface area contributed by atoms with Crippen molar-refractivity contribution in [1.29, 1.82) is 0 Å². The standard InChI is InChI=1S/C9H16N4O2/c1-2-12(3-4-14)9(15)7-13-6-8(10)5-11-13/h5-6,14H,2-4,7,10H2,1H3. The molecule has 3 N–H and O–H groups in total. The summed E-state index contributed by atoms with van der Waals surface area (Å²) in [5, 5.41) is 12.7. The van der Waals surface area contributed by atoms with Crippen LogP contribution in [-0.4, -0.2) is 45.4 Å². The Balaban J connectivity index is 2.53. The van der Waals surface area contributed by atoms with Gasteiger partial charge < -0.3 is 15.7 Å². The van der Waals surface area contributed by atoms with E-state index < -0.39 is 0 Å². The van der Waals surface area contributed by atoms with Crippen molar-refractivity contribution in [1.82, 2.24) is 14.7 Å². The van der Waals surface area contributed by atoms with Gasteiger partial charge in [-0.15, -0.1) is 0 Å². The Labute approximate surface area is 88.3 Å². The maximum absolute atomic E-state index is 11.7. The molecular formula is C9H16N4O2. The lowest BCUT2D eigenvalue weighted by molar-refractivity contribution is -0.132. The van der Waals surface area contributed by atoms with Gasteiger partial charge in [0.1, 0.15) is 6.54 Å². The number of hydrogen-bond acceptors (Lipinski definition) is 4. The second-order valence-corrected chi connectivity index (χ2v) is 3.17. The van der Waals surface area contributed by atoms with Crippen LogP contribution in [0.15, 0.2) is 12.4 Å². The van der Waals surface area contributed by atoms with E-state index in [9.17, 15) is 4.79 Å². The maximum Gasteiger partial charge on any atom is 0.244 e. The lowest BCUT2D eigenvalue weighted by Crippen LogP contribution is -2.35. The fourth-order valence-corrected chi connectivity index (χ4v) is 1.28. The zero-order valence-electron chi connectivity index (χ0n) is 8.76. The second-order valence-electron chi connectivity index (χ2n) is 3.17. The molecule has 15 heavy (non-hydrogen) atoms. The van der Waals surface area contributed by atoms with Gasteiger partial charge in [0.05, 0.1) is 18.5 Å². The van der Waals surface area contributed by atoms with Crippen LogP contribution in [0, 0.1) is 0 Å². The summed E-state index contributed by atoms with van der Waals surface area (Å²) in [6.07, 6.45) is 3.10. The molecule has 0 unspecified atom stereocenters. The molecule has 1 heterocycles. The third-order valence-electron chi connectivity index (χ3n) is 2.05. The van der Waals surface area contributed by atoms with E-state index in [2.05, 4.69) is 5.10 Å². The van der Waals surface area contributed by atoms with Crippen molar-refractivity contribution in [2.24, 2.45) is 0 Å². The molecule has 0 atom stereocenters. The molecule has 6 heteroatoms. The fraction of sp³-hybridized carbons (Fsp3) is 0.556. The Kier molecular flexibility index (Phi) is 4.11. The average Bonchev–Trinajstić information content (AvgIpc) is 2.60. The van der Waals surface area contributed by atoms with Gasteiger partial charge in [-0.05, 0) is 6.92 Å². The molecule has 0 radical (unpaired) electrons. The number of nitrogens with two attached hydrogens (primary N) is 1. The number of amides is 1. The Morgan fingerprint density at radius 1 is 1.73 bits per heavy atom. The molecule has 0 saturated heterocycles. The molecule has 0 spiro atoms. The van der Waals surface area contributed by atoms with Gasteiger partial charge in [0, 0.05) is 19.3 Å². The SMILES string of the molecule is CCN(CCO)C(=O)Cn1cc(N)cn1. The molecule has 84 valence electrons. The van der Waals surface area contributed by atoms with Gasteiger partial charge >= 0.3 is 0 Å². The van der Waals surface area contributed by atoms with E-state index in [0.717, 1.165) is 0 Å². The number of nitrogens with zero attached hydrogens (tertiary/aromatic N) is 3. The highest BCUT2D eigenvalue weighted by atomic mass is 16.3. The molecule has 1 amide bonds. The molecule has 0 aromatic carbocycles. The van der Waals surface area contributed by atoms with Crippen molar-refractivity contribution in [3.8, 4) is 0 Å². The van der Waals surface area contributed by atoms with Crippen LogP contribution in [0.25, 0.3) is 0 Å². The van der Waals surface area contributed by atoms with Crippen molar-refractivity contribution >= 4 is 11.6 Å². The smallest absolute Gasteiger partial charge is 0.244 e.